The molecule has 0 fully saturated rings. The standard InChI is InChI=1S/C13H16O2S/c1-13(2,8-12(14)15)10-4-3-5-11-9(10)6-7-16-11/h3-5H,6-8H2,1-2H3,(H,14,15). The molecule has 0 bridgehead atoms. The Morgan fingerprint density at radius 1 is 1.50 bits per heavy atom. The molecule has 0 unspecified atom stereocenters. The topological polar surface area (TPSA) is 37.3 Å². The van der Waals surface area contributed by atoms with Crippen LogP contribution in [0.2, 0.25) is 0 Å². The molecule has 2 nitrogen and oxygen atoms in total. The van der Waals surface area contributed by atoms with Crippen molar-refractivity contribution in [3.05, 3.63) is 29.3 Å². The molecule has 1 N–H and O–H groups in total. The lowest BCUT2D eigenvalue weighted by Gasteiger charge is -2.25. The third kappa shape index (κ3) is 2.09. The van der Waals surface area contributed by atoms with Gasteiger partial charge in [0, 0.05) is 16.1 Å². The van der Waals surface area contributed by atoms with Gasteiger partial charge in [-0.25, -0.2) is 0 Å². The van der Waals surface area contributed by atoms with Crippen molar-refractivity contribution < 1.29 is 9.90 Å². The minimum atomic E-state index is -0.728. The molecule has 1 aliphatic heterocycles. The fourth-order valence-corrected chi connectivity index (χ4v) is 3.42. The molecule has 1 aromatic carbocycles. The summed E-state index contributed by atoms with van der Waals surface area (Å²) in [5, 5.41) is 8.95. The number of thioether (sulfide) groups is 1. The summed E-state index contributed by atoms with van der Waals surface area (Å²) in [5.74, 6) is 0.392. The van der Waals surface area contributed by atoms with Gasteiger partial charge in [0.15, 0.2) is 0 Å². The quantitative estimate of drug-likeness (QED) is 0.876. The highest BCUT2D eigenvalue weighted by atomic mass is 32.2. The predicted molar refractivity (Wildman–Crippen MR) is 66.1 cm³/mol. The van der Waals surface area contributed by atoms with Crippen molar-refractivity contribution in [2.75, 3.05) is 5.75 Å². The number of rotatable bonds is 3. The minimum Gasteiger partial charge on any atom is -0.481 e. The van der Waals surface area contributed by atoms with Crippen molar-refractivity contribution in [3.8, 4) is 0 Å². The zero-order valence-corrected chi connectivity index (χ0v) is 10.4. The average molecular weight is 236 g/mol. The predicted octanol–water partition coefficient (Wildman–Crippen LogP) is 3.09. The summed E-state index contributed by atoms with van der Waals surface area (Å²) >= 11 is 1.87. The number of fused-ring (bicyclic) bond motifs is 1. The van der Waals surface area contributed by atoms with Gasteiger partial charge in [0.25, 0.3) is 0 Å². The minimum absolute atomic E-state index is 0.189. The Bertz CT molecular complexity index is 424. The maximum Gasteiger partial charge on any atom is 0.304 e. The molecule has 1 aliphatic rings. The molecular formula is C13H16O2S. The van der Waals surface area contributed by atoms with E-state index in [1.54, 1.807) is 0 Å². The number of carboxylic acids is 1. The SMILES string of the molecule is CC(C)(CC(=O)O)c1cccc2c1CCS2. The Hall–Kier alpha value is -0.960. The summed E-state index contributed by atoms with van der Waals surface area (Å²) in [6.45, 7) is 4.03. The summed E-state index contributed by atoms with van der Waals surface area (Å²) in [5.41, 5.74) is 2.29. The third-order valence-electron chi connectivity index (χ3n) is 3.06. The van der Waals surface area contributed by atoms with E-state index >= 15 is 0 Å². The second-order valence-electron chi connectivity index (χ2n) is 4.84. The molecule has 86 valence electrons. The van der Waals surface area contributed by atoms with Gasteiger partial charge in [-0.2, -0.15) is 0 Å². The summed E-state index contributed by atoms with van der Waals surface area (Å²) in [4.78, 5) is 12.2. The lowest BCUT2D eigenvalue weighted by Crippen LogP contribution is -2.23. The summed E-state index contributed by atoms with van der Waals surface area (Å²) < 4.78 is 0. The normalized spacial score (nSPS) is 14.9. The second-order valence-corrected chi connectivity index (χ2v) is 5.97. The molecule has 0 aliphatic carbocycles. The van der Waals surface area contributed by atoms with Gasteiger partial charge in [0.2, 0.25) is 0 Å². The molecule has 0 atom stereocenters. The number of benzene rings is 1. The summed E-state index contributed by atoms with van der Waals surface area (Å²) in [7, 11) is 0. The van der Waals surface area contributed by atoms with Gasteiger partial charge >= 0.3 is 5.97 Å². The molecule has 16 heavy (non-hydrogen) atoms. The Kier molecular flexibility index (Phi) is 2.98. The van der Waals surface area contributed by atoms with E-state index in [4.69, 9.17) is 5.11 Å². The van der Waals surface area contributed by atoms with Gasteiger partial charge in [-0.05, 0) is 23.6 Å². The highest BCUT2D eigenvalue weighted by molar-refractivity contribution is 7.99. The monoisotopic (exact) mass is 236 g/mol. The van der Waals surface area contributed by atoms with E-state index in [0.29, 0.717) is 0 Å². The van der Waals surface area contributed by atoms with Crippen LogP contribution in [0.3, 0.4) is 0 Å². The van der Waals surface area contributed by atoms with Gasteiger partial charge < -0.3 is 5.11 Å². The maximum absolute atomic E-state index is 10.9. The molecule has 1 heterocycles. The van der Waals surface area contributed by atoms with E-state index in [0.717, 1.165) is 12.2 Å². The average Bonchev–Trinajstić information content (AvgIpc) is 2.62. The first-order valence-electron chi connectivity index (χ1n) is 5.48. The zero-order chi connectivity index (χ0) is 11.8. The number of aliphatic carboxylic acids is 1. The molecule has 2 rings (SSSR count). The number of carbonyl (C=O) groups is 1. The van der Waals surface area contributed by atoms with Crippen LogP contribution in [0.4, 0.5) is 0 Å². The van der Waals surface area contributed by atoms with Crippen LogP contribution in [0.25, 0.3) is 0 Å². The summed E-state index contributed by atoms with van der Waals surface area (Å²) in [6.07, 6.45) is 1.26. The molecule has 0 radical (unpaired) electrons. The summed E-state index contributed by atoms with van der Waals surface area (Å²) in [6, 6.07) is 6.25. The first-order valence-corrected chi connectivity index (χ1v) is 6.46. The number of hydrogen-bond donors (Lipinski definition) is 1. The molecular weight excluding hydrogens is 220 g/mol. The van der Waals surface area contributed by atoms with E-state index in [1.807, 2.05) is 31.7 Å². The zero-order valence-electron chi connectivity index (χ0n) is 9.62. The van der Waals surface area contributed by atoms with Crippen molar-refractivity contribution >= 4 is 17.7 Å². The maximum atomic E-state index is 10.9. The van der Waals surface area contributed by atoms with Crippen LogP contribution in [0.15, 0.2) is 23.1 Å². The van der Waals surface area contributed by atoms with Crippen LogP contribution in [0.1, 0.15) is 31.4 Å². The van der Waals surface area contributed by atoms with Crippen LogP contribution >= 0.6 is 11.8 Å². The highest BCUT2D eigenvalue weighted by Gasteiger charge is 2.28. The molecule has 3 heteroatoms. The molecule has 0 aromatic heterocycles. The lowest BCUT2D eigenvalue weighted by molar-refractivity contribution is -0.138. The van der Waals surface area contributed by atoms with Gasteiger partial charge in [-0.15, -0.1) is 11.8 Å². The molecule has 0 amide bonds. The van der Waals surface area contributed by atoms with Gasteiger partial charge in [-0.1, -0.05) is 26.0 Å². The van der Waals surface area contributed by atoms with E-state index in [1.165, 1.54) is 16.0 Å². The largest absolute Gasteiger partial charge is 0.481 e. The van der Waals surface area contributed by atoms with Gasteiger partial charge in [0.05, 0.1) is 6.42 Å². The Morgan fingerprint density at radius 3 is 2.94 bits per heavy atom. The van der Waals surface area contributed by atoms with Crippen molar-refractivity contribution in [1.82, 2.24) is 0 Å². The van der Waals surface area contributed by atoms with E-state index < -0.39 is 5.97 Å². The van der Waals surface area contributed by atoms with Crippen LogP contribution in [0.5, 0.6) is 0 Å². The Balaban J connectivity index is 2.40. The van der Waals surface area contributed by atoms with Crippen molar-refractivity contribution in [2.24, 2.45) is 0 Å². The van der Waals surface area contributed by atoms with E-state index in [2.05, 4.69) is 12.1 Å². The highest BCUT2D eigenvalue weighted by Crippen LogP contribution is 2.39. The molecule has 0 saturated carbocycles. The van der Waals surface area contributed by atoms with Gasteiger partial charge in [-0.3, -0.25) is 4.79 Å². The van der Waals surface area contributed by atoms with Crippen LogP contribution < -0.4 is 0 Å². The van der Waals surface area contributed by atoms with E-state index in [9.17, 15) is 4.79 Å². The third-order valence-corrected chi connectivity index (χ3v) is 4.17. The van der Waals surface area contributed by atoms with E-state index in [-0.39, 0.29) is 11.8 Å². The first-order chi connectivity index (χ1) is 7.50. The van der Waals surface area contributed by atoms with Crippen molar-refractivity contribution in [2.45, 2.75) is 37.0 Å². The fraction of sp³-hybridized carbons (Fsp3) is 0.462. The van der Waals surface area contributed by atoms with Crippen LogP contribution in [-0.4, -0.2) is 16.8 Å². The second kappa shape index (κ2) is 4.13. The Labute approximate surface area is 100 Å². The smallest absolute Gasteiger partial charge is 0.304 e. The lowest BCUT2D eigenvalue weighted by atomic mass is 9.78. The van der Waals surface area contributed by atoms with Crippen LogP contribution in [0, 0.1) is 0 Å². The number of carboxylic acid groups (broad SMARTS) is 1. The molecule has 0 spiro atoms. The van der Waals surface area contributed by atoms with Crippen molar-refractivity contribution in [3.63, 3.8) is 0 Å². The van der Waals surface area contributed by atoms with Gasteiger partial charge in [0.1, 0.15) is 0 Å². The first kappa shape index (κ1) is 11.5. The Morgan fingerprint density at radius 2 is 2.25 bits per heavy atom. The van der Waals surface area contributed by atoms with Crippen molar-refractivity contribution in [1.29, 1.82) is 0 Å². The molecule has 1 aromatic rings. The number of hydrogen-bond acceptors (Lipinski definition) is 2. The van der Waals surface area contributed by atoms with Crippen LogP contribution in [-0.2, 0) is 16.6 Å². The molecule has 0 saturated heterocycles. The fourth-order valence-electron chi connectivity index (χ4n) is 2.33.